The molecule has 0 N–H and O–H groups in total. The minimum atomic E-state index is -3.57. The summed E-state index contributed by atoms with van der Waals surface area (Å²) in [5, 5.41) is 0. The Morgan fingerprint density at radius 3 is 2.53 bits per heavy atom. The fourth-order valence-corrected chi connectivity index (χ4v) is 1.30. The van der Waals surface area contributed by atoms with Gasteiger partial charge < -0.3 is 9.47 Å². The molecule has 1 aromatic rings. The van der Waals surface area contributed by atoms with Gasteiger partial charge in [-0.05, 0) is 19.1 Å². The second-order valence-electron chi connectivity index (χ2n) is 3.03. The molecule has 17 heavy (non-hydrogen) atoms. The van der Waals surface area contributed by atoms with Crippen molar-refractivity contribution in [3.05, 3.63) is 30.6 Å². The monoisotopic (exact) mass is 264 g/mol. The number of halogens is 3. The molecular weight excluding hydrogens is 253 g/mol. The van der Waals surface area contributed by atoms with E-state index in [-0.39, 0.29) is 23.0 Å². The van der Waals surface area contributed by atoms with Gasteiger partial charge in [0.05, 0.1) is 11.5 Å². The van der Waals surface area contributed by atoms with Gasteiger partial charge >= 0.3 is 6.11 Å². The zero-order chi connectivity index (χ0) is 13.1. The van der Waals surface area contributed by atoms with Crippen LogP contribution in [0.1, 0.15) is 6.92 Å². The molecule has 0 aliphatic rings. The second-order valence-corrected chi connectivity index (χ2v) is 3.47. The van der Waals surface area contributed by atoms with Gasteiger partial charge in [-0.25, -0.2) is 4.39 Å². The Balaban J connectivity index is 3.04. The van der Waals surface area contributed by atoms with Gasteiger partial charge in [0.1, 0.15) is 5.75 Å². The van der Waals surface area contributed by atoms with Crippen molar-refractivity contribution in [1.82, 2.24) is 0 Å². The second kappa shape index (κ2) is 5.35. The number of hydrogen-bond acceptors (Lipinski definition) is 3. The largest absolute Gasteiger partial charge is 0.491 e. The van der Waals surface area contributed by atoms with Crippen LogP contribution in [-0.4, -0.2) is 12.7 Å². The molecule has 0 spiro atoms. The van der Waals surface area contributed by atoms with Crippen LogP contribution in [0.25, 0.3) is 0 Å². The quantitative estimate of drug-likeness (QED) is 0.646. The highest BCUT2D eigenvalue weighted by Crippen LogP contribution is 2.34. The third-order valence-corrected chi connectivity index (χ3v) is 2.24. The van der Waals surface area contributed by atoms with Gasteiger partial charge in [0.2, 0.25) is 0 Å². The van der Waals surface area contributed by atoms with Crippen molar-refractivity contribution in [3.63, 3.8) is 0 Å². The molecule has 0 saturated carbocycles. The number of ether oxygens (including phenoxy) is 2. The first-order valence-corrected chi connectivity index (χ1v) is 5.20. The van der Waals surface area contributed by atoms with E-state index in [9.17, 15) is 13.2 Å². The van der Waals surface area contributed by atoms with Gasteiger partial charge in [-0.3, -0.25) is 0 Å². The molecule has 0 aliphatic heterocycles. The highest BCUT2D eigenvalue weighted by atomic mass is 32.1. The summed E-state index contributed by atoms with van der Waals surface area (Å²) in [6.07, 6.45) is -3.26. The summed E-state index contributed by atoms with van der Waals surface area (Å²) < 4.78 is 48.5. The topological polar surface area (TPSA) is 18.5 Å². The number of benzene rings is 1. The maximum Gasteiger partial charge on any atom is 0.419 e. The minimum absolute atomic E-state index is 0.0632. The Bertz CT molecular complexity index is 421. The van der Waals surface area contributed by atoms with Crippen molar-refractivity contribution < 1.29 is 22.6 Å². The molecule has 0 aliphatic carbocycles. The van der Waals surface area contributed by atoms with E-state index in [0.29, 0.717) is 6.08 Å². The molecule has 0 heterocycles. The van der Waals surface area contributed by atoms with Crippen LogP contribution in [-0.2, 0) is 0 Å². The maximum absolute atomic E-state index is 13.6. The Hall–Kier alpha value is -1.30. The van der Waals surface area contributed by atoms with Crippen molar-refractivity contribution in [2.45, 2.75) is 17.9 Å². The molecule has 1 rings (SSSR count). The number of alkyl halides is 2. The summed E-state index contributed by atoms with van der Waals surface area (Å²) in [6.45, 7) is 4.84. The van der Waals surface area contributed by atoms with E-state index < -0.39 is 11.9 Å². The Kier molecular flexibility index (Phi) is 4.34. The van der Waals surface area contributed by atoms with Gasteiger partial charge in [0, 0.05) is 6.08 Å². The molecule has 0 fully saturated rings. The van der Waals surface area contributed by atoms with Crippen molar-refractivity contribution >= 4 is 12.6 Å². The van der Waals surface area contributed by atoms with Crippen molar-refractivity contribution in [3.8, 4) is 11.5 Å². The first-order chi connectivity index (χ1) is 7.91. The fourth-order valence-electron chi connectivity index (χ4n) is 1.07. The molecule has 0 atom stereocenters. The van der Waals surface area contributed by atoms with Crippen LogP contribution in [0.5, 0.6) is 11.5 Å². The molecular formula is C11H11F3O2S. The Morgan fingerprint density at radius 2 is 2.00 bits per heavy atom. The third-order valence-electron chi connectivity index (χ3n) is 1.83. The van der Waals surface area contributed by atoms with Gasteiger partial charge in [-0.15, -0.1) is 12.6 Å². The molecule has 0 aromatic heterocycles. The molecule has 0 saturated heterocycles. The zero-order valence-electron chi connectivity index (χ0n) is 9.04. The average molecular weight is 264 g/mol. The standard InChI is InChI=1S/C11H11F3O2S/c1-3-11(13,14)16-8-6-5-7(15-4-2)9(12)10(8)17/h3,5-6,17H,1,4H2,2H3. The molecule has 0 amide bonds. The van der Waals surface area contributed by atoms with E-state index in [2.05, 4.69) is 23.9 Å². The lowest BCUT2D eigenvalue weighted by molar-refractivity contribution is -0.133. The van der Waals surface area contributed by atoms with Gasteiger partial charge in [0.25, 0.3) is 0 Å². The van der Waals surface area contributed by atoms with Gasteiger partial charge in [0.15, 0.2) is 11.6 Å². The number of thiol groups is 1. The zero-order valence-corrected chi connectivity index (χ0v) is 9.94. The lowest BCUT2D eigenvalue weighted by atomic mass is 10.3. The summed E-state index contributed by atoms with van der Waals surface area (Å²) in [5.74, 6) is -1.28. The van der Waals surface area contributed by atoms with Gasteiger partial charge in [-0.2, -0.15) is 8.78 Å². The molecule has 0 radical (unpaired) electrons. The molecule has 94 valence electrons. The third kappa shape index (κ3) is 3.33. The Morgan fingerprint density at radius 1 is 1.41 bits per heavy atom. The predicted molar refractivity (Wildman–Crippen MR) is 60.6 cm³/mol. The molecule has 0 unspecified atom stereocenters. The SMILES string of the molecule is C=CC(F)(F)Oc1ccc(OCC)c(F)c1S. The average Bonchev–Trinajstić information content (AvgIpc) is 2.29. The van der Waals surface area contributed by atoms with E-state index in [1.807, 2.05) is 0 Å². The maximum atomic E-state index is 13.6. The molecule has 6 heteroatoms. The normalized spacial score (nSPS) is 11.1. The predicted octanol–water partition coefficient (Wildman–Crippen LogP) is 3.67. The van der Waals surface area contributed by atoms with Crippen molar-refractivity contribution in [2.24, 2.45) is 0 Å². The summed E-state index contributed by atoms with van der Waals surface area (Å²) in [5.41, 5.74) is 0. The fraction of sp³-hybridized carbons (Fsp3) is 0.273. The van der Waals surface area contributed by atoms with E-state index in [4.69, 9.17) is 4.74 Å². The minimum Gasteiger partial charge on any atom is -0.491 e. The first-order valence-electron chi connectivity index (χ1n) is 4.76. The van der Waals surface area contributed by atoms with E-state index in [1.165, 1.54) is 6.07 Å². The summed E-state index contributed by atoms with van der Waals surface area (Å²) in [4.78, 5) is -0.336. The lowest BCUT2D eigenvalue weighted by Gasteiger charge is -2.16. The van der Waals surface area contributed by atoms with Crippen LogP contribution >= 0.6 is 12.6 Å². The molecule has 2 nitrogen and oxygen atoms in total. The smallest absolute Gasteiger partial charge is 0.419 e. The molecule has 1 aromatic carbocycles. The van der Waals surface area contributed by atoms with Crippen LogP contribution in [0.15, 0.2) is 29.7 Å². The number of rotatable bonds is 5. The van der Waals surface area contributed by atoms with E-state index in [1.54, 1.807) is 6.92 Å². The molecule has 0 bridgehead atoms. The van der Waals surface area contributed by atoms with E-state index >= 15 is 0 Å². The number of hydrogen-bond donors (Lipinski definition) is 1. The van der Waals surface area contributed by atoms with Crippen LogP contribution in [0.4, 0.5) is 13.2 Å². The highest BCUT2D eigenvalue weighted by molar-refractivity contribution is 7.80. The van der Waals surface area contributed by atoms with Crippen LogP contribution in [0.3, 0.4) is 0 Å². The lowest BCUT2D eigenvalue weighted by Crippen LogP contribution is -2.21. The summed E-state index contributed by atoms with van der Waals surface area (Å²) in [7, 11) is 0. The van der Waals surface area contributed by atoms with Crippen molar-refractivity contribution in [2.75, 3.05) is 6.61 Å². The first kappa shape index (κ1) is 13.8. The van der Waals surface area contributed by atoms with Gasteiger partial charge in [-0.1, -0.05) is 6.58 Å². The van der Waals surface area contributed by atoms with Crippen LogP contribution in [0.2, 0.25) is 0 Å². The van der Waals surface area contributed by atoms with Crippen LogP contribution < -0.4 is 9.47 Å². The van der Waals surface area contributed by atoms with E-state index in [0.717, 1.165) is 6.07 Å². The Labute approximate surface area is 102 Å². The van der Waals surface area contributed by atoms with Crippen molar-refractivity contribution in [1.29, 1.82) is 0 Å². The van der Waals surface area contributed by atoms with Crippen LogP contribution in [0, 0.1) is 5.82 Å². The highest BCUT2D eigenvalue weighted by Gasteiger charge is 2.28. The summed E-state index contributed by atoms with van der Waals surface area (Å²) in [6, 6.07) is 2.36. The summed E-state index contributed by atoms with van der Waals surface area (Å²) >= 11 is 3.78.